The number of hydrogen-bond donors (Lipinski definition) is 7. The molecule has 0 saturated carbocycles. The van der Waals surface area contributed by atoms with Crippen molar-refractivity contribution in [2.75, 3.05) is 27.4 Å². The number of ketones is 1. The van der Waals surface area contributed by atoms with Crippen LogP contribution in [-0.4, -0.2) is 108 Å². The molecule has 0 fully saturated rings. The molecule has 0 spiro atoms. The molecular weight excluding hydrogens is 814 g/mol. The molecule has 19 heteroatoms. The summed E-state index contributed by atoms with van der Waals surface area (Å²) in [5.41, 5.74) is 1.25. The van der Waals surface area contributed by atoms with Crippen LogP contribution in [-0.2, 0) is 38.2 Å². The fourth-order valence-electron chi connectivity index (χ4n) is 5.86. The lowest BCUT2D eigenvalue weighted by Gasteiger charge is -2.30. The number of Topliss-reactive ketones (excluding diaryl/α,β-unsaturated/α-hetero) is 1. The summed E-state index contributed by atoms with van der Waals surface area (Å²) < 4.78 is 42.8. The van der Waals surface area contributed by atoms with Gasteiger partial charge in [-0.2, -0.15) is 0 Å². The number of para-hydroxylation sites is 2. The molecule has 2 unspecified atom stereocenters. The number of pyridine rings is 1. The van der Waals surface area contributed by atoms with Crippen LogP contribution in [0.4, 0.5) is 8.78 Å². The van der Waals surface area contributed by atoms with Crippen molar-refractivity contribution in [3.8, 4) is 5.75 Å². The molecule has 0 aliphatic rings. The number of benzene rings is 2. The second-order valence-electron chi connectivity index (χ2n) is 14.3. The van der Waals surface area contributed by atoms with Gasteiger partial charge in [0.05, 0.1) is 68.7 Å². The number of rotatable bonds is 26. The molecule has 7 N–H and O–H groups in total. The highest BCUT2D eigenvalue weighted by Gasteiger charge is 2.32. The number of nitrogens with one attached hydrogen (secondary N) is 5. The summed E-state index contributed by atoms with van der Waals surface area (Å²) in [6, 6.07) is 7.60. The van der Waals surface area contributed by atoms with Gasteiger partial charge in [0, 0.05) is 23.2 Å². The highest BCUT2D eigenvalue weighted by atomic mass is 19.1. The molecule has 0 radical (unpaired) electrons. The topological polar surface area (TPSA) is 244 Å². The number of esters is 2. The standard InChI is InChI=1S/C43H52F2N6O11/c1-23(2)40(48-24(3)30-16-15-27-11-8-9-14-31(27)49-30)43(59)50-33(19-38(56)60-6)25(4)46-32(17-18-37(54)55)42(58)51-35(21-52)26(5)47-34(20-39(57)61-7)36(53)22-62-41-28(44)12-10-13-29(41)45/h8-16,23,32-35,40,46-48,52H,3-5,17-22H2,1-2,6-7H3,(H,50,59)(H,51,58)(H,54,55)/t32-,33-,34?,35-,40?/m0/s1. The summed E-state index contributed by atoms with van der Waals surface area (Å²) in [6.45, 7) is 13.6. The number of fused-ring (bicyclic) bond motifs is 1. The van der Waals surface area contributed by atoms with Crippen LogP contribution in [0.15, 0.2) is 85.7 Å². The number of ether oxygens (including phenoxy) is 3. The SMILES string of the molecule is C=C(NC(C(=O)N[C@@H](CC(=O)OC)C(=C)N[C@@H](CCC(=O)O)C(=O)N[C@@H](CO)C(=C)NC(CC(=O)OC)C(=O)COc1c(F)cccc1F)C(C)C)c1ccc2ccccc2n1. The lowest BCUT2D eigenvalue weighted by Crippen LogP contribution is -2.55. The van der Waals surface area contributed by atoms with E-state index in [1.54, 1.807) is 19.9 Å². The Morgan fingerprint density at radius 3 is 1.90 bits per heavy atom. The number of hydrogen-bond acceptors (Lipinski definition) is 14. The summed E-state index contributed by atoms with van der Waals surface area (Å²) in [6.07, 6.45) is -1.99. The van der Waals surface area contributed by atoms with Crippen molar-refractivity contribution in [1.82, 2.24) is 31.6 Å². The van der Waals surface area contributed by atoms with Crippen LogP contribution < -0.4 is 31.3 Å². The second-order valence-corrected chi connectivity index (χ2v) is 14.3. The van der Waals surface area contributed by atoms with Crippen LogP contribution >= 0.6 is 0 Å². The average molecular weight is 867 g/mol. The molecular formula is C43H52F2N6O11. The molecule has 0 saturated heterocycles. The van der Waals surface area contributed by atoms with Crippen LogP contribution in [0.25, 0.3) is 16.6 Å². The van der Waals surface area contributed by atoms with Crippen LogP contribution in [0.1, 0.15) is 45.2 Å². The number of aliphatic hydroxyl groups excluding tert-OH is 1. The number of carbonyl (C=O) groups excluding carboxylic acids is 5. The Balaban J connectivity index is 1.78. The zero-order valence-corrected chi connectivity index (χ0v) is 34.8. The normalized spacial score (nSPS) is 13.3. The predicted octanol–water partition coefficient (Wildman–Crippen LogP) is 2.64. The number of aromatic nitrogens is 1. The summed E-state index contributed by atoms with van der Waals surface area (Å²) in [7, 11) is 2.19. The van der Waals surface area contributed by atoms with Crippen molar-refractivity contribution in [1.29, 1.82) is 0 Å². The first-order chi connectivity index (χ1) is 29.4. The predicted molar refractivity (Wildman–Crippen MR) is 223 cm³/mol. The van der Waals surface area contributed by atoms with Gasteiger partial charge in [-0.05, 0) is 36.6 Å². The lowest BCUT2D eigenvalue weighted by molar-refractivity contribution is -0.143. The zero-order valence-electron chi connectivity index (χ0n) is 34.8. The minimum absolute atomic E-state index is 0.0839. The van der Waals surface area contributed by atoms with Gasteiger partial charge in [-0.1, -0.05) is 63.9 Å². The van der Waals surface area contributed by atoms with Crippen molar-refractivity contribution in [2.45, 2.75) is 69.7 Å². The molecule has 3 rings (SSSR count). The maximum absolute atomic E-state index is 14.1. The Morgan fingerprint density at radius 1 is 0.726 bits per heavy atom. The highest BCUT2D eigenvalue weighted by Crippen LogP contribution is 2.21. The maximum Gasteiger partial charge on any atom is 0.308 e. The quantitative estimate of drug-likeness (QED) is 0.0574. The Bertz CT molecular complexity index is 2130. The minimum atomic E-state index is -1.48. The molecule has 2 aromatic carbocycles. The second kappa shape index (κ2) is 23.8. The summed E-state index contributed by atoms with van der Waals surface area (Å²) in [5, 5.41) is 34.4. The first-order valence-corrected chi connectivity index (χ1v) is 19.3. The van der Waals surface area contributed by atoms with Gasteiger partial charge in [-0.3, -0.25) is 28.8 Å². The molecule has 2 amide bonds. The van der Waals surface area contributed by atoms with Gasteiger partial charge in [0.1, 0.15) is 18.7 Å². The monoisotopic (exact) mass is 866 g/mol. The summed E-state index contributed by atoms with van der Waals surface area (Å²) in [5.74, 6) is -8.61. The number of halogens is 2. The highest BCUT2D eigenvalue weighted by molar-refractivity contribution is 5.90. The number of carboxylic acid groups (broad SMARTS) is 1. The summed E-state index contributed by atoms with van der Waals surface area (Å²) >= 11 is 0. The Labute approximate surface area is 357 Å². The van der Waals surface area contributed by atoms with Crippen molar-refractivity contribution >= 4 is 52.1 Å². The molecule has 62 heavy (non-hydrogen) atoms. The largest absolute Gasteiger partial charge is 0.481 e. The van der Waals surface area contributed by atoms with E-state index in [4.69, 9.17) is 9.47 Å². The van der Waals surface area contributed by atoms with Gasteiger partial charge in [0.25, 0.3) is 0 Å². The third-order valence-corrected chi connectivity index (χ3v) is 9.39. The smallest absolute Gasteiger partial charge is 0.308 e. The van der Waals surface area contributed by atoms with Crippen molar-refractivity contribution in [3.63, 3.8) is 0 Å². The molecule has 0 aliphatic heterocycles. The zero-order chi connectivity index (χ0) is 46.1. The molecule has 0 aliphatic carbocycles. The fraction of sp³-hybridized carbons (Fsp3) is 0.372. The van der Waals surface area contributed by atoms with Crippen LogP contribution in [0.3, 0.4) is 0 Å². The van der Waals surface area contributed by atoms with Gasteiger partial charge in [-0.15, -0.1) is 0 Å². The van der Waals surface area contributed by atoms with E-state index in [-0.39, 0.29) is 23.7 Å². The van der Waals surface area contributed by atoms with Crippen molar-refractivity contribution in [3.05, 3.63) is 103 Å². The number of carboxylic acids is 1. The van der Waals surface area contributed by atoms with Crippen LogP contribution in [0.5, 0.6) is 5.75 Å². The Hall–Kier alpha value is -6.89. The van der Waals surface area contributed by atoms with Gasteiger partial charge in [0.2, 0.25) is 11.8 Å². The van der Waals surface area contributed by atoms with E-state index in [9.17, 15) is 47.8 Å². The van der Waals surface area contributed by atoms with Crippen LogP contribution in [0.2, 0.25) is 0 Å². The third kappa shape index (κ3) is 14.7. The van der Waals surface area contributed by atoms with E-state index in [0.29, 0.717) is 16.9 Å². The number of amides is 2. The van der Waals surface area contributed by atoms with Gasteiger partial charge in [0.15, 0.2) is 23.2 Å². The Kier molecular flexibility index (Phi) is 19.0. The van der Waals surface area contributed by atoms with Gasteiger partial charge >= 0.3 is 17.9 Å². The Morgan fingerprint density at radius 2 is 1.31 bits per heavy atom. The van der Waals surface area contributed by atoms with Gasteiger partial charge in [-0.25, -0.2) is 13.8 Å². The molecule has 0 bridgehead atoms. The number of nitrogens with zero attached hydrogens (tertiary/aromatic N) is 1. The first kappa shape index (κ1) is 49.5. The fourth-order valence-corrected chi connectivity index (χ4v) is 5.86. The first-order valence-electron chi connectivity index (χ1n) is 19.3. The third-order valence-electron chi connectivity index (χ3n) is 9.39. The van der Waals surface area contributed by atoms with E-state index in [2.05, 4.69) is 56.0 Å². The molecule has 1 aromatic heterocycles. The lowest BCUT2D eigenvalue weighted by atomic mass is 10.0. The van der Waals surface area contributed by atoms with Crippen LogP contribution in [0, 0.1) is 17.6 Å². The number of carbonyl (C=O) groups is 6. The van der Waals surface area contributed by atoms with Gasteiger partial charge < -0.3 is 51.0 Å². The number of aliphatic carboxylic acids is 1. The maximum atomic E-state index is 14.1. The van der Waals surface area contributed by atoms with Crippen molar-refractivity contribution < 1.29 is 62.0 Å². The molecule has 17 nitrogen and oxygen atoms in total. The number of aliphatic hydroxyl groups is 1. The van der Waals surface area contributed by atoms with E-state index < -0.39 is 116 Å². The summed E-state index contributed by atoms with van der Waals surface area (Å²) in [4.78, 5) is 81.8. The average Bonchev–Trinajstić information content (AvgIpc) is 3.24. The molecule has 1 heterocycles. The van der Waals surface area contributed by atoms with Crippen molar-refractivity contribution in [2.24, 2.45) is 5.92 Å². The van der Waals surface area contributed by atoms with E-state index in [0.717, 1.165) is 37.8 Å². The number of methoxy groups -OCH3 is 2. The van der Waals surface area contributed by atoms with E-state index >= 15 is 0 Å². The molecule has 334 valence electrons. The minimum Gasteiger partial charge on any atom is -0.481 e. The van der Waals surface area contributed by atoms with E-state index in [1.807, 2.05) is 30.3 Å². The molecule has 5 atom stereocenters. The van der Waals surface area contributed by atoms with E-state index in [1.165, 1.54) is 0 Å². The molecule has 3 aromatic rings.